The molecule has 3 aromatic rings. The fraction of sp³-hybridized carbons (Fsp3) is 0.0556. The molecule has 0 spiro atoms. The third-order valence-corrected chi connectivity index (χ3v) is 3.32. The average molecular weight is 320 g/mol. The van der Waals surface area contributed by atoms with E-state index in [9.17, 15) is 4.79 Å². The predicted molar refractivity (Wildman–Crippen MR) is 92.7 cm³/mol. The lowest BCUT2D eigenvalue weighted by molar-refractivity contribution is 0.102. The maximum atomic E-state index is 12.5. The number of carbonyl (C=O) groups is 1. The highest BCUT2D eigenvalue weighted by Gasteiger charge is 2.14. The first-order valence-electron chi connectivity index (χ1n) is 7.35. The van der Waals surface area contributed by atoms with Crippen molar-refractivity contribution in [3.63, 3.8) is 0 Å². The van der Waals surface area contributed by atoms with E-state index in [4.69, 9.17) is 4.74 Å². The minimum Gasteiger partial charge on any atom is -0.495 e. The van der Waals surface area contributed by atoms with Gasteiger partial charge >= 0.3 is 0 Å². The molecule has 0 radical (unpaired) electrons. The summed E-state index contributed by atoms with van der Waals surface area (Å²) in [6.45, 7) is 0. The predicted octanol–water partition coefficient (Wildman–Crippen LogP) is 3.48. The molecule has 0 aliphatic rings. The van der Waals surface area contributed by atoms with Gasteiger partial charge in [0.2, 0.25) is 0 Å². The Morgan fingerprint density at radius 3 is 2.54 bits per heavy atom. The van der Waals surface area contributed by atoms with Crippen molar-refractivity contribution in [2.24, 2.45) is 0 Å². The second-order valence-corrected chi connectivity index (χ2v) is 4.89. The smallest absolute Gasteiger partial charge is 0.260 e. The summed E-state index contributed by atoms with van der Waals surface area (Å²) in [6, 6.07) is 16.2. The van der Waals surface area contributed by atoms with Crippen molar-refractivity contribution in [1.82, 2.24) is 9.97 Å². The van der Waals surface area contributed by atoms with Crippen LogP contribution in [0.25, 0.3) is 0 Å². The molecule has 0 saturated carbocycles. The molecule has 3 rings (SSSR count). The van der Waals surface area contributed by atoms with Crippen LogP contribution in [0.15, 0.2) is 67.0 Å². The van der Waals surface area contributed by atoms with Crippen LogP contribution in [0.5, 0.6) is 5.75 Å². The van der Waals surface area contributed by atoms with Gasteiger partial charge in [-0.2, -0.15) is 0 Å². The van der Waals surface area contributed by atoms with Crippen LogP contribution in [0.1, 0.15) is 10.4 Å². The van der Waals surface area contributed by atoms with Gasteiger partial charge in [0.15, 0.2) is 0 Å². The van der Waals surface area contributed by atoms with E-state index in [1.165, 1.54) is 0 Å². The molecule has 2 aromatic heterocycles. The summed E-state index contributed by atoms with van der Waals surface area (Å²) in [5.74, 6) is 1.29. The van der Waals surface area contributed by atoms with Crippen LogP contribution in [-0.2, 0) is 0 Å². The van der Waals surface area contributed by atoms with E-state index >= 15 is 0 Å². The highest BCUT2D eigenvalue weighted by atomic mass is 16.5. The lowest BCUT2D eigenvalue weighted by Crippen LogP contribution is -2.15. The maximum absolute atomic E-state index is 12.5. The van der Waals surface area contributed by atoms with Crippen molar-refractivity contribution in [3.05, 3.63) is 72.6 Å². The first-order valence-corrected chi connectivity index (χ1v) is 7.35. The Morgan fingerprint density at radius 2 is 1.75 bits per heavy atom. The highest BCUT2D eigenvalue weighted by Crippen LogP contribution is 2.27. The number of methoxy groups -OCH3 is 1. The first-order chi connectivity index (χ1) is 11.8. The van der Waals surface area contributed by atoms with Crippen LogP contribution in [-0.4, -0.2) is 23.0 Å². The SMILES string of the molecule is COc1ccccc1Nc1ncccc1C(=O)Nc1ccccn1. The zero-order chi connectivity index (χ0) is 16.8. The molecule has 2 N–H and O–H groups in total. The molecule has 0 aliphatic carbocycles. The van der Waals surface area contributed by atoms with Crippen molar-refractivity contribution < 1.29 is 9.53 Å². The van der Waals surface area contributed by atoms with Gasteiger partial charge in [-0.25, -0.2) is 9.97 Å². The van der Waals surface area contributed by atoms with Crippen LogP contribution in [0.4, 0.5) is 17.3 Å². The van der Waals surface area contributed by atoms with Crippen molar-refractivity contribution in [2.45, 2.75) is 0 Å². The zero-order valence-electron chi connectivity index (χ0n) is 13.1. The van der Waals surface area contributed by atoms with Crippen LogP contribution in [0.3, 0.4) is 0 Å². The summed E-state index contributed by atoms with van der Waals surface area (Å²) >= 11 is 0. The number of amides is 1. The number of pyridine rings is 2. The first kappa shape index (κ1) is 15.5. The lowest BCUT2D eigenvalue weighted by Gasteiger charge is -2.13. The van der Waals surface area contributed by atoms with Gasteiger partial charge in [-0.05, 0) is 36.4 Å². The van der Waals surface area contributed by atoms with E-state index in [1.807, 2.05) is 24.3 Å². The molecule has 0 unspecified atom stereocenters. The fourth-order valence-corrected chi connectivity index (χ4v) is 2.18. The van der Waals surface area contributed by atoms with Gasteiger partial charge < -0.3 is 15.4 Å². The number of ether oxygens (including phenoxy) is 1. The highest BCUT2D eigenvalue weighted by molar-refractivity contribution is 6.07. The van der Waals surface area contributed by atoms with Gasteiger partial charge in [0, 0.05) is 12.4 Å². The maximum Gasteiger partial charge on any atom is 0.260 e. The van der Waals surface area contributed by atoms with Crippen LogP contribution in [0.2, 0.25) is 0 Å². The molecule has 0 saturated heterocycles. The minimum absolute atomic E-state index is 0.292. The van der Waals surface area contributed by atoms with E-state index in [2.05, 4.69) is 20.6 Å². The lowest BCUT2D eigenvalue weighted by atomic mass is 10.2. The summed E-state index contributed by atoms with van der Waals surface area (Å²) in [7, 11) is 1.59. The molecule has 1 amide bonds. The van der Waals surface area contributed by atoms with Crippen molar-refractivity contribution in [1.29, 1.82) is 0 Å². The topological polar surface area (TPSA) is 76.1 Å². The Bertz CT molecular complexity index is 837. The number of hydrogen-bond acceptors (Lipinski definition) is 5. The molecule has 0 bridgehead atoms. The third-order valence-electron chi connectivity index (χ3n) is 3.32. The number of nitrogens with zero attached hydrogens (tertiary/aromatic N) is 2. The Balaban J connectivity index is 1.86. The second kappa shape index (κ2) is 7.23. The molecule has 6 nitrogen and oxygen atoms in total. The van der Waals surface area contributed by atoms with Crippen molar-refractivity contribution in [2.75, 3.05) is 17.7 Å². The number of benzene rings is 1. The zero-order valence-corrected chi connectivity index (χ0v) is 13.1. The molecular weight excluding hydrogens is 304 g/mol. The number of para-hydroxylation sites is 2. The second-order valence-electron chi connectivity index (χ2n) is 4.89. The number of carbonyl (C=O) groups excluding carboxylic acids is 1. The van der Waals surface area contributed by atoms with E-state index in [1.54, 1.807) is 49.8 Å². The molecule has 1 aromatic carbocycles. The molecule has 120 valence electrons. The molecule has 24 heavy (non-hydrogen) atoms. The fourth-order valence-electron chi connectivity index (χ4n) is 2.18. The van der Waals surface area contributed by atoms with E-state index in [-0.39, 0.29) is 5.91 Å². The van der Waals surface area contributed by atoms with Crippen molar-refractivity contribution in [3.8, 4) is 5.75 Å². The molecule has 0 aliphatic heterocycles. The summed E-state index contributed by atoms with van der Waals surface area (Å²) < 4.78 is 5.31. The van der Waals surface area contributed by atoms with Gasteiger partial charge in [-0.15, -0.1) is 0 Å². The standard InChI is InChI=1S/C18H16N4O2/c1-24-15-9-3-2-8-14(15)21-17-13(7-6-12-20-17)18(23)22-16-10-4-5-11-19-16/h2-12H,1H3,(H,20,21)(H,19,22,23). The monoisotopic (exact) mass is 320 g/mol. The van der Waals surface area contributed by atoms with Gasteiger partial charge in [0.05, 0.1) is 18.4 Å². The number of rotatable bonds is 5. The summed E-state index contributed by atoms with van der Waals surface area (Å²) in [5, 5.41) is 5.89. The molecular formula is C18H16N4O2. The Morgan fingerprint density at radius 1 is 0.958 bits per heavy atom. The largest absolute Gasteiger partial charge is 0.495 e. The Labute approximate surface area is 139 Å². The van der Waals surface area contributed by atoms with Crippen LogP contribution in [0, 0.1) is 0 Å². The summed E-state index contributed by atoms with van der Waals surface area (Å²) in [6.07, 6.45) is 3.24. The van der Waals surface area contributed by atoms with Gasteiger partial charge in [-0.3, -0.25) is 4.79 Å². The van der Waals surface area contributed by atoms with Gasteiger partial charge in [0.25, 0.3) is 5.91 Å². The summed E-state index contributed by atoms with van der Waals surface area (Å²) in [5.41, 5.74) is 1.14. The number of nitrogens with one attached hydrogen (secondary N) is 2. The van der Waals surface area contributed by atoms with Crippen molar-refractivity contribution >= 4 is 23.2 Å². The minimum atomic E-state index is -0.292. The van der Waals surface area contributed by atoms with Gasteiger partial charge in [-0.1, -0.05) is 18.2 Å². The number of hydrogen-bond donors (Lipinski definition) is 2. The molecule has 0 fully saturated rings. The Hall–Kier alpha value is -3.41. The number of aromatic nitrogens is 2. The normalized spacial score (nSPS) is 10.0. The van der Waals surface area contributed by atoms with Crippen LogP contribution < -0.4 is 15.4 Å². The molecule has 2 heterocycles. The Kier molecular flexibility index (Phi) is 4.67. The molecule has 6 heteroatoms. The van der Waals surface area contributed by atoms with E-state index < -0.39 is 0 Å². The molecule has 0 atom stereocenters. The van der Waals surface area contributed by atoms with E-state index in [0.717, 1.165) is 5.69 Å². The summed E-state index contributed by atoms with van der Waals surface area (Å²) in [4.78, 5) is 20.9. The number of anilines is 3. The van der Waals surface area contributed by atoms with Crippen LogP contribution >= 0.6 is 0 Å². The average Bonchev–Trinajstić information content (AvgIpc) is 2.63. The van der Waals surface area contributed by atoms with E-state index in [0.29, 0.717) is 22.9 Å². The third kappa shape index (κ3) is 3.49. The quantitative estimate of drug-likeness (QED) is 0.752. The van der Waals surface area contributed by atoms with Gasteiger partial charge in [0.1, 0.15) is 17.4 Å².